The molecule has 0 aliphatic rings. The maximum atomic E-state index is 11.9. The summed E-state index contributed by atoms with van der Waals surface area (Å²) < 4.78 is 1.68. The van der Waals surface area contributed by atoms with E-state index in [-0.39, 0.29) is 11.9 Å². The van der Waals surface area contributed by atoms with Crippen LogP contribution in [0, 0.1) is 19.3 Å². The molecular weight excluding hydrogens is 202 g/mol. The smallest absolute Gasteiger partial charge is 0.254 e. The lowest BCUT2D eigenvalue weighted by Crippen LogP contribution is -2.34. The number of rotatable bonds is 4. The zero-order chi connectivity index (χ0) is 12.1. The summed E-state index contributed by atoms with van der Waals surface area (Å²) in [5.41, 5.74) is 1.46. The molecular formula is C12H17N3O. The van der Waals surface area contributed by atoms with Gasteiger partial charge in [0.2, 0.25) is 0 Å². The quantitative estimate of drug-likeness (QED) is 0.775. The minimum absolute atomic E-state index is 0.0390. The van der Waals surface area contributed by atoms with E-state index in [4.69, 9.17) is 6.42 Å². The fraction of sp³-hybridized carbons (Fsp3) is 0.500. The van der Waals surface area contributed by atoms with Crippen LogP contribution in [0.2, 0.25) is 0 Å². The first kappa shape index (κ1) is 12.3. The van der Waals surface area contributed by atoms with E-state index in [2.05, 4.69) is 16.3 Å². The molecule has 0 saturated carbocycles. The lowest BCUT2D eigenvalue weighted by atomic mass is 10.1. The fourth-order valence-corrected chi connectivity index (χ4v) is 1.42. The molecule has 4 nitrogen and oxygen atoms in total. The highest BCUT2D eigenvalue weighted by molar-refractivity contribution is 5.95. The Hall–Kier alpha value is -1.76. The molecule has 0 fully saturated rings. The van der Waals surface area contributed by atoms with Crippen molar-refractivity contribution in [1.82, 2.24) is 15.1 Å². The molecule has 0 saturated heterocycles. The SMILES string of the molecule is C#CCC(CC)NC(=O)c1cnn(C)c1C. The number of carbonyl (C=O) groups is 1. The van der Waals surface area contributed by atoms with Gasteiger partial charge in [-0.05, 0) is 13.3 Å². The van der Waals surface area contributed by atoms with Crippen LogP contribution in [0.15, 0.2) is 6.20 Å². The zero-order valence-electron chi connectivity index (χ0n) is 9.95. The Kier molecular flexibility index (Phi) is 4.12. The number of hydrogen-bond acceptors (Lipinski definition) is 2. The fourth-order valence-electron chi connectivity index (χ4n) is 1.42. The summed E-state index contributed by atoms with van der Waals surface area (Å²) in [5.74, 6) is 2.46. The third-order valence-corrected chi connectivity index (χ3v) is 2.67. The Balaban J connectivity index is 2.72. The predicted molar refractivity (Wildman–Crippen MR) is 62.9 cm³/mol. The van der Waals surface area contributed by atoms with Gasteiger partial charge in [-0.1, -0.05) is 6.92 Å². The molecule has 0 spiro atoms. The topological polar surface area (TPSA) is 46.9 Å². The molecule has 0 aliphatic carbocycles. The minimum atomic E-state index is -0.104. The van der Waals surface area contributed by atoms with Gasteiger partial charge in [-0.25, -0.2) is 0 Å². The standard InChI is InChI=1S/C12H17N3O/c1-5-7-10(6-2)14-12(16)11-8-13-15(4)9(11)3/h1,8,10H,6-7H2,2-4H3,(H,14,16). The van der Waals surface area contributed by atoms with Crippen molar-refractivity contribution in [3.8, 4) is 12.3 Å². The number of nitrogens with one attached hydrogen (secondary N) is 1. The second-order valence-electron chi connectivity index (χ2n) is 3.75. The molecule has 1 heterocycles. The molecule has 1 rings (SSSR count). The highest BCUT2D eigenvalue weighted by Crippen LogP contribution is 2.06. The van der Waals surface area contributed by atoms with Crippen molar-refractivity contribution in [3.63, 3.8) is 0 Å². The second-order valence-corrected chi connectivity index (χ2v) is 3.75. The first-order valence-corrected chi connectivity index (χ1v) is 5.33. The van der Waals surface area contributed by atoms with Crippen LogP contribution in [0.25, 0.3) is 0 Å². The number of nitrogens with zero attached hydrogens (tertiary/aromatic N) is 2. The van der Waals surface area contributed by atoms with Gasteiger partial charge in [0.25, 0.3) is 5.91 Å². The Labute approximate surface area is 96.0 Å². The van der Waals surface area contributed by atoms with E-state index in [1.807, 2.05) is 20.9 Å². The van der Waals surface area contributed by atoms with Crippen LogP contribution in [0.1, 0.15) is 35.8 Å². The molecule has 1 aromatic rings. The van der Waals surface area contributed by atoms with Crippen LogP contribution in [0.4, 0.5) is 0 Å². The lowest BCUT2D eigenvalue weighted by molar-refractivity contribution is 0.0936. The van der Waals surface area contributed by atoms with E-state index in [1.165, 1.54) is 0 Å². The maximum absolute atomic E-state index is 11.9. The van der Waals surface area contributed by atoms with Gasteiger partial charge in [0, 0.05) is 25.2 Å². The van der Waals surface area contributed by atoms with Gasteiger partial charge in [-0.3, -0.25) is 9.48 Å². The molecule has 16 heavy (non-hydrogen) atoms. The van der Waals surface area contributed by atoms with Gasteiger partial charge < -0.3 is 5.32 Å². The summed E-state index contributed by atoms with van der Waals surface area (Å²) in [7, 11) is 1.81. The largest absolute Gasteiger partial charge is 0.348 e. The van der Waals surface area contributed by atoms with E-state index in [1.54, 1.807) is 10.9 Å². The Bertz CT molecular complexity index is 414. The van der Waals surface area contributed by atoms with Crippen molar-refractivity contribution in [2.45, 2.75) is 32.7 Å². The van der Waals surface area contributed by atoms with Crippen molar-refractivity contribution in [2.24, 2.45) is 7.05 Å². The van der Waals surface area contributed by atoms with Crippen molar-refractivity contribution in [2.75, 3.05) is 0 Å². The van der Waals surface area contributed by atoms with Gasteiger partial charge in [0.1, 0.15) is 0 Å². The van der Waals surface area contributed by atoms with E-state index in [0.717, 1.165) is 12.1 Å². The molecule has 1 atom stereocenters. The number of terminal acetylenes is 1. The third-order valence-electron chi connectivity index (χ3n) is 2.67. The highest BCUT2D eigenvalue weighted by atomic mass is 16.1. The summed E-state index contributed by atoms with van der Waals surface area (Å²) in [6.45, 7) is 3.86. The summed E-state index contributed by atoms with van der Waals surface area (Å²) in [6.07, 6.45) is 8.20. The molecule has 0 aromatic carbocycles. The molecule has 1 aromatic heterocycles. The number of aryl methyl sites for hydroxylation is 1. The molecule has 1 unspecified atom stereocenters. The van der Waals surface area contributed by atoms with Gasteiger partial charge in [-0.2, -0.15) is 5.10 Å². The van der Waals surface area contributed by atoms with Crippen molar-refractivity contribution in [1.29, 1.82) is 0 Å². The zero-order valence-corrected chi connectivity index (χ0v) is 9.95. The monoisotopic (exact) mass is 219 g/mol. The summed E-state index contributed by atoms with van der Waals surface area (Å²) in [6, 6.07) is 0.0390. The van der Waals surface area contributed by atoms with Gasteiger partial charge in [0.05, 0.1) is 11.8 Å². The van der Waals surface area contributed by atoms with Crippen LogP contribution in [-0.2, 0) is 7.05 Å². The van der Waals surface area contributed by atoms with Crippen LogP contribution in [0.3, 0.4) is 0 Å². The summed E-state index contributed by atoms with van der Waals surface area (Å²) >= 11 is 0. The van der Waals surface area contributed by atoms with Crippen molar-refractivity contribution >= 4 is 5.91 Å². The third kappa shape index (κ3) is 2.63. The first-order chi connectivity index (χ1) is 7.60. The Morgan fingerprint density at radius 2 is 2.44 bits per heavy atom. The molecule has 0 aliphatic heterocycles. The molecule has 1 amide bonds. The number of aromatic nitrogens is 2. The summed E-state index contributed by atoms with van der Waals surface area (Å²) in [5, 5.41) is 6.94. The second kappa shape index (κ2) is 5.36. The normalized spacial score (nSPS) is 11.9. The number of hydrogen-bond donors (Lipinski definition) is 1. The summed E-state index contributed by atoms with van der Waals surface area (Å²) in [4.78, 5) is 11.9. The van der Waals surface area contributed by atoms with Gasteiger partial charge in [0.15, 0.2) is 0 Å². The Morgan fingerprint density at radius 3 is 2.88 bits per heavy atom. The predicted octanol–water partition coefficient (Wildman–Crippen LogP) is 1.26. The first-order valence-electron chi connectivity index (χ1n) is 5.33. The van der Waals surface area contributed by atoms with Gasteiger partial charge >= 0.3 is 0 Å². The molecule has 0 bridgehead atoms. The van der Waals surface area contributed by atoms with E-state index >= 15 is 0 Å². The van der Waals surface area contributed by atoms with Crippen LogP contribution in [-0.4, -0.2) is 21.7 Å². The van der Waals surface area contributed by atoms with Crippen LogP contribution in [0.5, 0.6) is 0 Å². The van der Waals surface area contributed by atoms with Crippen molar-refractivity contribution in [3.05, 3.63) is 17.5 Å². The van der Waals surface area contributed by atoms with Crippen LogP contribution >= 0.6 is 0 Å². The molecule has 4 heteroatoms. The van der Waals surface area contributed by atoms with E-state index < -0.39 is 0 Å². The number of carbonyl (C=O) groups excluding carboxylic acids is 1. The average Bonchev–Trinajstić information content (AvgIpc) is 2.59. The lowest BCUT2D eigenvalue weighted by Gasteiger charge is -2.13. The van der Waals surface area contributed by atoms with Crippen LogP contribution < -0.4 is 5.32 Å². The molecule has 0 radical (unpaired) electrons. The van der Waals surface area contributed by atoms with Gasteiger partial charge in [-0.15, -0.1) is 12.3 Å². The Morgan fingerprint density at radius 1 is 1.75 bits per heavy atom. The minimum Gasteiger partial charge on any atom is -0.348 e. The average molecular weight is 219 g/mol. The van der Waals surface area contributed by atoms with E-state index in [0.29, 0.717) is 12.0 Å². The highest BCUT2D eigenvalue weighted by Gasteiger charge is 2.15. The van der Waals surface area contributed by atoms with E-state index in [9.17, 15) is 4.79 Å². The number of amides is 1. The molecule has 1 N–H and O–H groups in total. The maximum Gasteiger partial charge on any atom is 0.254 e. The van der Waals surface area contributed by atoms with Crippen molar-refractivity contribution < 1.29 is 4.79 Å². The molecule has 86 valence electrons.